The molecule has 12 heavy (non-hydrogen) atoms. The zero-order valence-corrected chi connectivity index (χ0v) is 6.53. The van der Waals surface area contributed by atoms with Crippen LogP contribution < -0.4 is 0 Å². The first-order chi connectivity index (χ1) is 5.65. The van der Waals surface area contributed by atoms with Gasteiger partial charge in [-0.05, 0) is 25.1 Å². The summed E-state index contributed by atoms with van der Waals surface area (Å²) in [6.07, 6.45) is 0. The average Bonchev–Trinajstić information content (AvgIpc) is 2.05. The van der Waals surface area contributed by atoms with Crippen LogP contribution in [0.2, 0.25) is 0 Å². The highest BCUT2D eigenvalue weighted by Gasteiger charge is 2.04. The highest BCUT2D eigenvalue weighted by Crippen LogP contribution is 2.17. The van der Waals surface area contributed by atoms with Gasteiger partial charge in [0.1, 0.15) is 11.8 Å². The molecule has 0 aliphatic heterocycles. The first-order valence-corrected chi connectivity index (χ1v) is 3.39. The van der Waals surface area contributed by atoms with Crippen molar-refractivity contribution in [2.24, 2.45) is 0 Å². The lowest BCUT2D eigenvalue weighted by Crippen LogP contribution is -1.92. The van der Waals surface area contributed by atoms with Gasteiger partial charge in [0.25, 0.3) is 0 Å². The number of ketones is 1. The Kier molecular flexibility index (Phi) is 2.11. The van der Waals surface area contributed by atoms with E-state index in [1.54, 1.807) is 6.07 Å². The van der Waals surface area contributed by atoms with Crippen LogP contribution in [0, 0.1) is 11.3 Å². The summed E-state index contributed by atoms with van der Waals surface area (Å²) < 4.78 is 0. The molecule has 3 heteroatoms. The lowest BCUT2D eigenvalue weighted by Gasteiger charge is -1.97. The molecule has 0 aromatic heterocycles. The van der Waals surface area contributed by atoms with Crippen LogP contribution in [0.3, 0.4) is 0 Å². The van der Waals surface area contributed by atoms with Gasteiger partial charge in [0, 0.05) is 5.56 Å². The molecule has 1 N–H and O–H groups in total. The first-order valence-electron chi connectivity index (χ1n) is 3.39. The largest absolute Gasteiger partial charge is 0.507 e. The van der Waals surface area contributed by atoms with E-state index >= 15 is 0 Å². The highest BCUT2D eigenvalue weighted by molar-refractivity contribution is 5.94. The quantitative estimate of drug-likeness (QED) is 0.634. The van der Waals surface area contributed by atoms with Gasteiger partial charge in [0.15, 0.2) is 5.78 Å². The van der Waals surface area contributed by atoms with E-state index < -0.39 is 0 Å². The minimum Gasteiger partial charge on any atom is -0.507 e. The van der Waals surface area contributed by atoms with Gasteiger partial charge >= 0.3 is 0 Å². The molecule has 0 aliphatic carbocycles. The second kappa shape index (κ2) is 3.05. The van der Waals surface area contributed by atoms with Gasteiger partial charge in [-0.2, -0.15) is 5.26 Å². The molecule has 0 saturated heterocycles. The lowest BCUT2D eigenvalue weighted by atomic mass is 10.1. The Hall–Kier alpha value is -1.82. The first kappa shape index (κ1) is 8.28. The lowest BCUT2D eigenvalue weighted by molar-refractivity contribution is 0.101. The number of nitrogens with zero attached hydrogens (tertiary/aromatic N) is 1. The second-order valence-corrected chi connectivity index (χ2v) is 2.40. The molecule has 3 nitrogen and oxygen atoms in total. The third-order valence-electron chi connectivity index (χ3n) is 1.52. The number of rotatable bonds is 1. The number of aromatic hydroxyl groups is 1. The Balaban J connectivity index is 3.25. The predicted molar refractivity (Wildman–Crippen MR) is 42.8 cm³/mol. The van der Waals surface area contributed by atoms with E-state index in [1.807, 2.05) is 0 Å². The normalized spacial score (nSPS) is 9.00. The van der Waals surface area contributed by atoms with Gasteiger partial charge in [-0.3, -0.25) is 4.79 Å². The summed E-state index contributed by atoms with van der Waals surface area (Å²) in [4.78, 5) is 10.8. The van der Waals surface area contributed by atoms with Crippen LogP contribution >= 0.6 is 0 Å². The number of nitriles is 1. The molecule has 0 atom stereocenters. The second-order valence-electron chi connectivity index (χ2n) is 2.40. The molecule has 0 saturated carbocycles. The van der Waals surface area contributed by atoms with Crippen molar-refractivity contribution in [3.63, 3.8) is 0 Å². The molecule has 1 aromatic carbocycles. The van der Waals surface area contributed by atoms with Crippen LogP contribution in [-0.4, -0.2) is 10.9 Å². The van der Waals surface area contributed by atoms with E-state index in [4.69, 9.17) is 10.4 Å². The molecule has 0 radical (unpaired) electrons. The Morgan fingerprint density at radius 2 is 2.25 bits per heavy atom. The van der Waals surface area contributed by atoms with Crippen molar-refractivity contribution in [2.75, 3.05) is 0 Å². The molecule has 60 valence electrons. The van der Waals surface area contributed by atoms with Crippen LogP contribution in [0.4, 0.5) is 0 Å². The zero-order chi connectivity index (χ0) is 9.14. The molecule has 0 spiro atoms. The summed E-state index contributed by atoms with van der Waals surface area (Å²) in [5.74, 6) is -0.214. The zero-order valence-electron chi connectivity index (χ0n) is 6.53. The van der Waals surface area contributed by atoms with E-state index in [1.165, 1.54) is 25.1 Å². The van der Waals surface area contributed by atoms with E-state index in [2.05, 4.69) is 0 Å². The molecule has 1 aromatic rings. The van der Waals surface area contributed by atoms with Crippen molar-refractivity contribution < 1.29 is 9.90 Å². The van der Waals surface area contributed by atoms with Crippen molar-refractivity contribution in [2.45, 2.75) is 6.92 Å². The summed E-state index contributed by atoms with van der Waals surface area (Å²) in [6.45, 7) is 1.41. The summed E-state index contributed by atoms with van der Waals surface area (Å²) in [6, 6.07) is 5.99. The predicted octanol–water partition coefficient (Wildman–Crippen LogP) is 1.47. The van der Waals surface area contributed by atoms with Crippen molar-refractivity contribution in [1.29, 1.82) is 5.26 Å². The molecule has 0 unspecified atom stereocenters. The van der Waals surface area contributed by atoms with Crippen LogP contribution in [-0.2, 0) is 0 Å². The Morgan fingerprint density at radius 1 is 1.58 bits per heavy atom. The van der Waals surface area contributed by atoms with Gasteiger partial charge in [-0.15, -0.1) is 0 Å². The molecular formula is C9H7NO2. The Morgan fingerprint density at radius 3 is 2.75 bits per heavy atom. The third kappa shape index (κ3) is 1.43. The van der Waals surface area contributed by atoms with Gasteiger partial charge in [-0.1, -0.05) is 0 Å². The number of benzene rings is 1. The summed E-state index contributed by atoms with van der Waals surface area (Å²) in [5, 5.41) is 17.6. The number of carbonyl (C=O) groups excluding carboxylic acids is 1. The fourth-order valence-corrected chi connectivity index (χ4v) is 0.845. The van der Waals surface area contributed by atoms with Crippen LogP contribution in [0.15, 0.2) is 18.2 Å². The highest BCUT2D eigenvalue weighted by atomic mass is 16.3. The van der Waals surface area contributed by atoms with Gasteiger partial charge in [-0.25, -0.2) is 0 Å². The van der Waals surface area contributed by atoms with Gasteiger partial charge in [0.2, 0.25) is 0 Å². The maximum atomic E-state index is 10.8. The molecule has 0 amide bonds. The number of Topliss-reactive ketones (excluding diaryl/α,β-unsaturated/α-hetero) is 1. The maximum Gasteiger partial charge on any atom is 0.159 e. The number of hydrogen-bond acceptors (Lipinski definition) is 3. The number of phenolic OH excluding ortho intramolecular Hbond substituents is 1. The number of hydrogen-bond donors (Lipinski definition) is 1. The van der Waals surface area contributed by atoms with E-state index in [0.717, 1.165) is 0 Å². The smallest absolute Gasteiger partial charge is 0.159 e. The van der Waals surface area contributed by atoms with E-state index in [-0.39, 0.29) is 17.1 Å². The average molecular weight is 161 g/mol. The monoisotopic (exact) mass is 161 g/mol. The molecule has 1 rings (SSSR count). The molecule has 0 bridgehead atoms. The van der Waals surface area contributed by atoms with E-state index in [0.29, 0.717) is 5.56 Å². The number of carbonyl (C=O) groups is 1. The minimum atomic E-state index is -0.119. The topological polar surface area (TPSA) is 61.1 Å². The standard InChI is InChI=1S/C9H7NO2/c1-6(11)7-2-3-9(12)8(4-7)5-10/h2-4,12H,1H3. The Labute approximate surface area is 69.9 Å². The van der Waals surface area contributed by atoms with Gasteiger partial charge in [0.05, 0.1) is 5.56 Å². The Bertz CT molecular complexity index is 363. The SMILES string of the molecule is CC(=O)c1ccc(O)c(C#N)c1. The molecule has 0 fully saturated rings. The van der Waals surface area contributed by atoms with Crippen LogP contribution in [0.5, 0.6) is 5.75 Å². The summed E-state index contributed by atoms with van der Waals surface area (Å²) >= 11 is 0. The molecule has 0 heterocycles. The maximum absolute atomic E-state index is 10.8. The number of phenols is 1. The fraction of sp³-hybridized carbons (Fsp3) is 0.111. The fourth-order valence-electron chi connectivity index (χ4n) is 0.845. The van der Waals surface area contributed by atoms with Crippen LogP contribution in [0.1, 0.15) is 22.8 Å². The van der Waals surface area contributed by atoms with Crippen LogP contribution in [0.25, 0.3) is 0 Å². The summed E-state index contributed by atoms with van der Waals surface area (Å²) in [5.41, 5.74) is 0.562. The van der Waals surface area contributed by atoms with Crippen molar-refractivity contribution in [3.8, 4) is 11.8 Å². The van der Waals surface area contributed by atoms with E-state index in [9.17, 15) is 4.79 Å². The molecular weight excluding hydrogens is 154 g/mol. The van der Waals surface area contributed by atoms with Crippen molar-refractivity contribution >= 4 is 5.78 Å². The van der Waals surface area contributed by atoms with Crippen molar-refractivity contribution in [1.82, 2.24) is 0 Å². The minimum absolute atomic E-state index is 0.0949. The van der Waals surface area contributed by atoms with Gasteiger partial charge < -0.3 is 5.11 Å². The third-order valence-corrected chi connectivity index (χ3v) is 1.52. The summed E-state index contributed by atoms with van der Waals surface area (Å²) in [7, 11) is 0. The molecule has 0 aliphatic rings. The van der Waals surface area contributed by atoms with Crippen molar-refractivity contribution in [3.05, 3.63) is 29.3 Å².